The van der Waals surface area contributed by atoms with Crippen LogP contribution < -0.4 is 16.0 Å². The van der Waals surface area contributed by atoms with E-state index in [1.165, 1.54) is 12.4 Å². The highest BCUT2D eigenvalue weighted by Crippen LogP contribution is 2.18. The SMILES string of the molecule is O=C(NCc1nccn1CC(F)(F)F)NC1CCCNC1=O. The van der Waals surface area contributed by atoms with E-state index in [9.17, 15) is 22.8 Å². The molecule has 0 radical (unpaired) electrons. The van der Waals surface area contributed by atoms with E-state index in [4.69, 9.17) is 0 Å². The highest BCUT2D eigenvalue weighted by atomic mass is 19.4. The van der Waals surface area contributed by atoms with Gasteiger partial charge in [0.05, 0.1) is 6.54 Å². The highest BCUT2D eigenvalue weighted by molar-refractivity contribution is 5.87. The van der Waals surface area contributed by atoms with Gasteiger partial charge < -0.3 is 20.5 Å². The van der Waals surface area contributed by atoms with Crippen molar-refractivity contribution in [2.24, 2.45) is 0 Å². The second kappa shape index (κ2) is 6.67. The molecule has 0 aromatic carbocycles. The normalized spacial score (nSPS) is 18.7. The van der Waals surface area contributed by atoms with Crippen LogP contribution in [0.3, 0.4) is 0 Å². The first-order valence-corrected chi connectivity index (χ1v) is 6.74. The van der Waals surface area contributed by atoms with E-state index in [2.05, 4.69) is 20.9 Å². The smallest absolute Gasteiger partial charge is 0.354 e. The third-order valence-corrected chi connectivity index (χ3v) is 3.15. The zero-order valence-corrected chi connectivity index (χ0v) is 11.6. The van der Waals surface area contributed by atoms with Crippen molar-refractivity contribution in [1.82, 2.24) is 25.5 Å². The van der Waals surface area contributed by atoms with E-state index in [0.717, 1.165) is 11.0 Å². The summed E-state index contributed by atoms with van der Waals surface area (Å²) in [6.07, 6.45) is -0.654. The molecule has 122 valence electrons. The first-order chi connectivity index (χ1) is 10.3. The molecule has 3 amide bonds. The number of alkyl halides is 3. The lowest BCUT2D eigenvalue weighted by molar-refractivity contribution is -0.141. The van der Waals surface area contributed by atoms with E-state index in [1.807, 2.05) is 0 Å². The molecule has 10 heteroatoms. The summed E-state index contributed by atoms with van der Waals surface area (Å²) >= 11 is 0. The number of piperidine rings is 1. The second-order valence-corrected chi connectivity index (χ2v) is 4.90. The Balaban J connectivity index is 1.84. The van der Waals surface area contributed by atoms with E-state index >= 15 is 0 Å². The number of nitrogens with one attached hydrogen (secondary N) is 3. The van der Waals surface area contributed by atoms with Gasteiger partial charge in [-0.2, -0.15) is 13.2 Å². The molecule has 0 bridgehead atoms. The van der Waals surface area contributed by atoms with Crippen molar-refractivity contribution < 1.29 is 22.8 Å². The number of carbonyl (C=O) groups is 2. The third-order valence-electron chi connectivity index (χ3n) is 3.15. The Hall–Kier alpha value is -2.26. The first kappa shape index (κ1) is 16.1. The van der Waals surface area contributed by atoms with Crippen molar-refractivity contribution in [2.75, 3.05) is 6.54 Å². The average molecular weight is 319 g/mol. The van der Waals surface area contributed by atoms with Crippen LogP contribution >= 0.6 is 0 Å². The van der Waals surface area contributed by atoms with Gasteiger partial charge in [-0.15, -0.1) is 0 Å². The third kappa shape index (κ3) is 4.64. The van der Waals surface area contributed by atoms with Gasteiger partial charge in [0.15, 0.2) is 0 Å². The summed E-state index contributed by atoms with van der Waals surface area (Å²) in [5, 5.41) is 7.49. The van der Waals surface area contributed by atoms with Gasteiger partial charge in [0.1, 0.15) is 18.4 Å². The summed E-state index contributed by atoms with van der Waals surface area (Å²) < 4.78 is 38.0. The molecule has 7 nitrogen and oxygen atoms in total. The fourth-order valence-corrected chi connectivity index (χ4v) is 2.12. The van der Waals surface area contributed by atoms with Crippen molar-refractivity contribution >= 4 is 11.9 Å². The van der Waals surface area contributed by atoms with Gasteiger partial charge in [0, 0.05) is 18.9 Å². The molecule has 1 aliphatic heterocycles. The molecule has 3 N–H and O–H groups in total. The number of halogens is 3. The number of aromatic nitrogens is 2. The number of rotatable bonds is 4. The van der Waals surface area contributed by atoms with E-state index in [-0.39, 0.29) is 18.3 Å². The van der Waals surface area contributed by atoms with Crippen LogP contribution in [0.2, 0.25) is 0 Å². The van der Waals surface area contributed by atoms with Gasteiger partial charge >= 0.3 is 12.2 Å². The Morgan fingerprint density at radius 2 is 2.27 bits per heavy atom. The van der Waals surface area contributed by atoms with Crippen LogP contribution in [0.15, 0.2) is 12.4 Å². The summed E-state index contributed by atoms with van der Waals surface area (Å²) in [4.78, 5) is 26.9. The fourth-order valence-electron chi connectivity index (χ4n) is 2.12. The lowest BCUT2D eigenvalue weighted by atomic mass is 10.1. The number of imidazole rings is 1. The van der Waals surface area contributed by atoms with Crippen molar-refractivity contribution in [3.05, 3.63) is 18.2 Å². The Kier molecular flexibility index (Phi) is 4.88. The monoisotopic (exact) mass is 319 g/mol. The maximum atomic E-state index is 12.4. The second-order valence-electron chi connectivity index (χ2n) is 4.90. The summed E-state index contributed by atoms with van der Waals surface area (Å²) in [6.45, 7) is -0.757. The summed E-state index contributed by atoms with van der Waals surface area (Å²) in [7, 11) is 0. The molecule has 0 aliphatic carbocycles. The number of hydrogen-bond acceptors (Lipinski definition) is 3. The lowest BCUT2D eigenvalue weighted by Crippen LogP contribution is -2.52. The first-order valence-electron chi connectivity index (χ1n) is 6.74. The Morgan fingerprint density at radius 3 is 2.95 bits per heavy atom. The van der Waals surface area contributed by atoms with E-state index in [0.29, 0.717) is 13.0 Å². The molecule has 1 aromatic heterocycles. The zero-order valence-electron chi connectivity index (χ0n) is 11.6. The standard InChI is InChI=1S/C12H16F3N5O2/c13-12(14,15)7-20-5-4-16-9(20)6-18-11(22)19-8-2-1-3-17-10(8)21/h4-5,8H,1-3,6-7H2,(H,17,21)(H2,18,19,22). The molecule has 1 aliphatic rings. The number of carbonyl (C=O) groups excluding carboxylic acids is 2. The molecule has 1 unspecified atom stereocenters. The van der Waals surface area contributed by atoms with Crippen molar-refractivity contribution in [2.45, 2.75) is 38.1 Å². The topological polar surface area (TPSA) is 88.1 Å². The van der Waals surface area contributed by atoms with Crippen LogP contribution in [0.5, 0.6) is 0 Å². The average Bonchev–Trinajstić information content (AvgIpc) is 2.84. The largest absolute Gasteiger partial charge is 0.406 e. The van der Waals surface area contributed by atoms with E-state index < -0.39 is 24.8 Å². The predicted octanol–water partition coefficient (Wildman–Crippen LogP) is 0.523. The quantitative estimate of drug-likeness (QED) is 0.756. The number of amides is 3. The summed E-state index contributed by atoms with van der Waals surface area (Å²) in [5.74, 6) is -0.180. The minimum absolute atomic E-state index is 0.0839. The number of hydrogen-bond donors (Lipinski definition) is 3. The van der Waals surface area contributed by atoms with Crippen LogP contribution in [0.25, 0.3) is 0 Å². The van der Waals surface area contributed by atoms with E-state index in [1.54, 1.807) is 0 Å². The Morgan fingerprint density at radius 1 is 1.50 bits per heavy atom. The van der Waals surface area contributed by atoms with Gasteiger partial charge in [-0.25, -0.2) is 9.78 Å². The molecule has 1 atom stereocenters. The van der Waals surface area contributed by atoms with Gasteiger partial charge in [0.2, 0.25) is 5.91 Å². The fraction of sp³-hybridized carbons (Fsp3) is 0.583. The summed E-state index contributed by atoms with van der Waals surface area (Å²) in [5.41, 5.74) is 0. The van der Waals surface area contributed by atoms with Crippen molar-refractivity contribution in [3.63, 3.8) is 0 Å². The maximum absolute atomic E-state index is 12.4. The molecule has 2 rings (SSSR count). The maximum Gasteiger partial charge on any atom is 0.406 e. The molecular formula is C12H16F3N5O2. The van der Waals surface area contributed by atoms with Gasteiger partial charge in [-0.05, 0) is 12.8 Å². The number of nitrogens with zero attached hydrogens (tertiary/aromatic N) is 2. The predicted molar refractivity (Wildman–Crippen MR) is 69.7 cm³/mol. The summed E-state index contributed by atoms with van der Waals surface area (Å²) in [6, 6.07) is -1.24. The number of urea groups is 1. The molecule has 0 spiro atoms. The van der Waals surface area contributed by atoms with Crippen LogP contribution in [0.1, 0.15) is 18.7 Å². The molecule has 22 heavy (non-hydrogen) atoms. The van der Waals surface area contributed by atoms with Gasteiger partial charge in [-0.3, -0.25) is 4.79 Å². The zero-order chi connectivity index (χ0) is 16.2. The van der Waals surface area contributed by atoms with Crippen LogP contribution in [0.4, 0.5) is 18.0 Å². The molecule has 0 saturated carbocycles. The lowest BCUT2D eigenvalue weighted by Gasteiger charge is -2.22. The molecular weight excluding hydrogens is 303 g/mol. The minimum atomic E-state index is -4.36. The molecule has 1 fully saturated rings. The van der Waals surface area contributed by atoms with Crippen molar-refractivity contribution in [3.8, 4) is 0 Å². The highest BCUT2D eigenvalue weighted by Gasteiger charge is 2.29. The molecule has 2 heterocycles. The van der Waals surface area contributed by atoms with Crippen LogP contribution in [-0.2, 0) is 17.9 Å². The van der Waals surface area contributed by atoms with Crippen LogP contribution in [0, 0.1) is 0 Å². The van der Waals surface area contributed by atoms with Gasteiger partial charge in [-0.1, -0.05) is 0 Å². The van der Waals surface area contributed by atoms with Crippen molar-refractivity contribution in [1.29, 1.82) is 0 Å². The minimum Gasteiger partial charge on any atom is -0.354 e. The molecule has 1 aromatic rings. The molecule has 1 saturated heterocycles. The Bertz CT molecular complexity index is 543. The van der Waals surface area contributed by atoms with Gasteiger partial charge in [0.25, 0.3) is 0 Å². The van der Waals surface area contributed by atoms with Crippen LogP contribution in [-0.4, -0.2) is 40.3 Å². The Labute approximate surface area is 124 Å².